The minimum atomic E-state index is -0.806. The van der Waals surface area contributed by atoms with Gasteiger partial charge in [0.25, 0.3) is 5.91 Å². The third-order valence-electron chi connectivity index (χ3n) is 2.05. The number of phenols is 1. The number of amides is 1. The van der Waals surface area contributed by atoms with Gasteiger partial charge in [0.15, 0.2) is 11.5 Å². The van der Waals surface area contributed by atoms with Gasteiger partial charge >= 0.3 is 0 Å². The summed E-state index contributed by atoms with van der Waals surface area (Å²) in [7, 11) is 0. The zero-order valence-electron chi connectivity index (χ0n) is 9.61. The lowest BCUT2D eigenvalue weighted by Gasteiger charge is -2.08. The number of primary amides is 1. The van der Waals surface area contributed by atoms with Gasteiger partial charge in [0, 0.05) is 0 Å². The molecular formula is C12H11BrN2O3. The molecule has 0 aliphatic carbocycles. The summed E-state index contributed by atoms with van der Waals surface area (Å²) < 4.78 is 5.63. The van der Waals surface area contributed by atoms with Gasteiger partial charge in [0.05, 0.1) is 11.1 Å². The van der Waals surface area contributed by atoms with Crippen LogP contribution in [0.3, 0.4) is 0 Å². The third kappa shape index (κ3) is 3.25. The zero-order valence-corrected chi connectivity index (χ0v) is 11.2. The van der Waals surface area contributed by atoms with Crippen molar-refractivity contribution < 1.29 is 14.6 Å². The first-order valence-corrected chi connectivity index (χ1v) is 5.85. The van der Waals surface area contributed by atoms with Crippen LogP contribution in [0.15, 0.2) is 22.2 Å². The molecule has 0 bridgehead atoms. The van der Waals surface area contributed by atoms with Crippen molar-refractivity contribution in [2.24, 2.45) is 5.73 Å². The maximum absolute atomic E-state index is 10.9. The average molecular weight is 311 g/mol. The van der Waals surface area contributed by atoms with Crippen LogP contribution in [0.25, 0.3) is 6.08 Å². The summed E-state index contributed by atoms with van der Waals surface area (Å²) in [5, 5.41) is 18.4. The molecule has 0 aromatic heterocycles. The number of hydrogen-bond acceptors (Lipinski definition) is 4. The van der Waals surface area contributed by atoms with E-state index in [0.717, 1.165) is 0 Å². The minimum absolute atomic E-state index is 0.0356. The number of nitrogens with two attached hydrogens (primary N) is 1. The molecule has 0 spiro atoms. The Labute approximate surface area is 113 Å². The molecule has 0 unspecified atom stereocenters. The Kier molecular flexibility index (Phi) is 4.75. The number of ether oxygens (including phenoxy) is 1. The van der Waals surface area contributed by atoms with E-state index in [-0.39, 0.29) is 17.1 Å². The number of nitriles is 1. The second kappa shape index (κ2) is 6.07. The number of rotatable bonds is 4. The summed E-state index contributed by atoms with van der Waals surface area (Å²) in [5.41, 5.74) is 5.39. The van der Waals surface area contributed by atoms with E-state index in [9.17, 15) is 9.90 Å². The van der Waals surface area contributed by atoms with Crippen molar-refractivity contribution in [3.05, 3.63) is 27.7 Å². The number of halogens is 1. The van der Waals surface area contributed by atoms with Gasteiger partial charge in [-0.25, -0.2) is 0 Å². The normalized spacial score (nSPS) is 10.8. The molecule has 1 aromatic rings. The topological polar surface area (TPSA) is 96.3 Å². The van der Waals surface area contributed by atoms with Crippen molar-refractivity contribution >= 4 is 27.9 Å². The van der Waals surface area contributed by atoms with Crippen LogP contribution in [-0.4, -0.2) is 17.6 Å². The van der Waals surface area contributed by atoms with Crippen molar-refractivity contribution in [1.29, 1.82) is 5.26 Å². The molecule has 5 nitrogen and oxygen atoms in total. The fourth-order valence-corrected chi connectivity index (χ4v) is 1.73. The van der Waals surface area contributed by atoms with Crippen LogP contribution in [0.4, 0.5) is 0 Å². The Balaban J connectivity index is 3.27. The first-order chi connectivity index (χ1) is 8.49. The molecule has 0 aliphatic rings. The molecule has 1 aromatic carbocycles. The highest BCUT2D eigenvalue weighted by molar-refractivity contribution is 9.10. The lowest BCUT2D eigenvalue weighted by molar-refractivity contribution is -0.114. The van der Waals surface area contributed by atoms with E-state index in [1.54, 1.807) is 19.1 Å². The van der Waals surface area contributed by atoms with Gasteiger partial charge < -0.3 is 15.6 Å². The predicted molar refractivity (Wildman–Crippen MR) is 69.8 cm³/mol. The molecule has 1 rings (SSSR count). The molecule has 1 amide bonds. The van der Waals surface area contributed by atoms with Gasteiger partial charge in [0.2, 0.25) is 0 Å². The number of benzene rings is 1. The summed E-state index contributed by atoms with van der Waals surface area (Å²) >= 11 is 3.16. The zero-order chi connectivity index (χ0) is 13.7. The van der Waals surface area contributed by atoms with E-state index < -0.39 is 5.91 Å². The molecular weight excluding hydrogens is 300 g/mol. The fourth-order valence-electron chi connectivity index (χ4n) is 1.27. The summed E-state index contributed by atoms with van der Waals surface area (Å²) in [6.07, 6.45) is 1.33. The Bertz CT molecular complexity index is 547. The lowest BCUT2D eigenvalue weighted by atomic mass is 10.1. The minimum Gasteiger partial charge on any atom is -0.503 e. The van der Waals surface area contributed by atoms with Gasteiger partial charge in [-0.05, 0) is 46.6 Å². The molecule has 0 saturated heterocycles. The molecule has 0 atom stereocenters. The van der Waals surface area contributed by atoms with Gasteiger partial charge in [-0.1, -0.05) is 0 Å². The molecule has 0 fully saturated rings. The van der Waals surface area contributed by atoms with E-state index in [4.69, 9.17) is 15.7 Å². The van der Waals surface area contributed by atoms with Crippen molar-refractivity contribution in [2.45, 2.75) is 6.92 Å². The van der Waals surface area contributed by atoms with E-state index in [0.29, 0.717) is 16.6 Å². The van der Waals surface area contributed by atoms with E-state index in [1.165, 1.54) is 12.1 Å². The summed E-state index contributed by atoms with van der Waals surface area (Å²) in [4.78, 5) is 10.9. The molecule has 0 heterocycles. The van der Waals surface area contributed by atoms with Gasteiger partial charge in [-0.2, -0.15) is 5.26 Å². The first kappa shape index (κ1) is 14.1. The molecule has 0 aliphatic heterocycles. The van der Waals surface area contributed by atoms with Crippen molar-refractivity contribution in [2.75, 3.05) is 6.61 Å². The van der Waals surface area contributed by atoms with Crippen LogP contribution < -0.4 is 10.5 Å². The van der Waals surface area contributed by atoms with Crippen molar-refractivity contribution in [3.8, 4) is 17.6 Å². The highest BCUT2D eigenvalue weighted by atomic mass is 79.9. The predicted octanol–water partition coefficient (Wildman–Crippen LogP) is 1.95. The second-order valence-electron chi connectivity index (χ2n) is 3.32. The quantitative estimate of drug-likeness (QED) is 0.656. The largest absolute Gasteiger partial charge is 0.503 e. The molecule has 0 radical (unpaired) electrons. The number of hydrogen-bond donors (Lipinski definition) is 2. The van der Waals surface area contributed by atoms with Crippen LogP contribution in [0, 0.1) is 11.3 Å². The number of carbonyl (C=O) groups is 1. The molecule has 94 valence electrons. The average Bonchev–Trinajstić information content (AvgIpc) is 2.32. The maximum atomic E-state index is 10.9. The first-order valence-electron chi connectivity index (χ1n) is 5.06. The van der Waals surface area contributed by atoms with Gasteiger partial charge in [0.1, 0.15) is 11.6 Å². The standard InChI is InChI=1S/C12H11BrN2O3/c1-2-18-10-5-7(4-9(13)11(10)16)3-8(6-14)12(15)17/h3-5,16H,2H2,1H3,(H2,15,17). The summed E-state index contributed by atoms with van der Waals surface area (Å²) in [5.74, 6) is -0.578. The molecule has 6 heteroatoms. The fraction of sp³-hybridized carbons (Fsp3) is 0.167. The van der Waals surface area contributed by atoms with Crippen molar-refractivity contribution in [1.82, 2.24) is 0 Å². The highest BCUT2D eigenvalue weighted by Gasteiger charge is 2.10. The SMILES string of the molecule is CCOc1cc(C=C(C#N)C(N)=O)cc(Br)c1O. The molecule has 0 saturated carbocycles. The number of phenolic OH excluding ortho intramolecular Hbond substituents is 1. The van der Waals surface area contributed by atoms with Crippen LogP contribution in [0.1, 0.15) is 12.5 Å². The molecule has 3 N–H and O–H groups in total. The van der Waals surface area contributed by atoms with E-state index in [1.807, 2.05) is 0 Å². The Morgan fingerprint density at radius 3 is 2.83 bits per heavy atom. The van der Waals surface area contributed by atoms with Crippen LogP contribution >= 0.6 is 15.9 Å². The van der Waals surface area contributed by atoms with Crippen LogP contribution in [0.2, 0.25) is 0 Å². The monoisotopic (exact) mass is 310 g/mol. The van der Waals surface area contributed by atoms with Crippen LogP contribution in [-0.2, 0) is 4.79 Å². The third-order valence-corrected chi connectivity index (χ3v) is 2.65. The van der Waals surface area contributed by atoms with Gasteiger partial charge in [-0.15, -0.1) is 0 Å². The number of nitrogens with zero attached hydrogens (tertiary/aromatic N) is 1. The van der Waals surface area contributed by atoms with E-state index in [2.05, 4.69) is 15.9 Å². The van der Waals surface area contributed by atoms with Crippen LogP contribution in [0.5, 0.6) is 11.5 Å². The highest BCUT2D eigenvalue weighted by Crippen LogP contribution is 2.36. The second-order valence-corrected chi connectivity index (χ2v) is 4.17. The smallest absolute Gasteiger partial charge is 0.259 e. The lowest BCUT2D eigenvalue weighted by Crippen LogP contribution is -2.12. The van der Waals surface area contributed by atoms with Crippen molar-refractivity contribution in [3.63, 3.8) is 0 Å². The molecule has 18 heavy (non-hydrogen) atoms. The number of aromatic hydroxyl groups is 1. The maximum Gasteiger partial charge on any atom is 0.259 e. The van der Waals surface area contributed by atoms with Gasteiger partial charge in [-0.3, -0.25) is 4.79 Å². The summed E-state index contributed by atoms with van der Waals surface area (Å²) in [6, 6.07) is 4.77. The Morgan fingerprint density at radius 2 is 2.33 bits per heavy atom. The van der Waals surface area contributed by atoms with E-state index >= 15 is 0 Å². The number of carbonyl (C=O) groups excluding carboxylic acids is 1. The summed E-state index contributed by atoms with van der Waals surface area (Å²) in [6.45, 7) is 2.16. The Hall–Kier alpha value is -2.00. The Morgan fingerprint density at radius 1 is 1.67 bits per heavy atom.